The summed E-state index contributed by atoms with van der Waals surface area (Å²) in [7, 11) is 0. The van der Waals surface area contributed by atoms with Crippen molar-refractivity contribution in [3.8, 4) is 0 Å². The Morgan fingerprint density at radius 2 is 1.70 bits per heavy atom. The lowest BCUT2D eigenvalue weighted by Crippen LogP contribution is -2.26. The largest absolute Gasteiger partial charge is 0.391 e. The van der Waals surface area contributed by atoms with E-state index in [0.29, 0.717) is 5.92 Å². The van der Waals surface area contributed by atoms with Crippen molar-refractivity contribution in [1.29, 1.82) is 0 Å². The van der Waals surface area contributed by atoms with Crippen LogP contribution in [0.4, 0.5) is 5.69 Å². The number of anilines is 1. The molecule has 1 heterocycles. The molecule has 2 atom stereocenters. The molecule has 0 aliphatic carbocycles. The van der Waals surface area contributed by atoms with E-state index in [1.54, 1.807) is 0 Å². The van der Waals surface area contributed by atoms with Gasteiger partial charge in [-0.2, -0.15) is 0 Å². The molecule has 3 nitrogen and oxygen atoms in total. The Labute approximate surface area is 122 Å². The van der Waals surface area contributed by atoms with Crippen LogP contribution in [0.2, 0.25) is 0 Å². The minimum atomic E-state index is -0.449. The molecule has 1 aliphatic heterocycles. The number of benzene rings is 1. The molecule has 3 N–H and O–H groups in total. The van der Waals surface area contributed by atoms with Crippen LogP contribution >= 0.6 is 0 Å². The van der Waals surface area contributed by atoms with Crippen LogP contribution in [0.5, 0.6) is 0 Å². The fourth-order valence-corrected chi connectivity index (χ4v) is 2.79. The van der Waals surface area contributed by atoms with Crippen LogP contribution in [-0.4, -0.2) is 24.3 Å². The zero-order valence-electron chi connectivity index (χ0n) is 12.8. The Kier molecular flexibility index (Phi) is 5.44. The van der Waals surface area contributed by atoms with Crippen molar-refractivity contribution in [3.05, 3.63) is 29.8 Å². The van der Waals surface area contributed by atoms with Gasteiger partial charge in [-0.3, -0.25) is 0 Å². The Morgan fingerprint density at radius 1 is 1.10 bits per heavy atom. The van der Waals surface area contributed by atoms with E-state index in [1.807, 2.05) is 0 Å². The second-order valence-electron chi connectivity index (χ2n) is 6.35. The summed E-state index contributed by atoms with van der Waals surface area (Å²) < 4.78 is 0. The minimum absolute atomic E-state index is 0.277. The number of nitrogens with two attached hydrogens (primary N) is 1. The molecule has 1 saturated heterocycles. The third kappa shape index (κ3) is 3.97. The first-order valence-electron chi connectivity index (χ1n) is 7.86. The molecule has 1 aliphatic rings. The highest BCUT2D eigenvalue weighted by molar-refractivity contribution is 5.48. The molecule has 0 saturated carbocycles. The van der Waals surface area contributed by atoms with Gasteiger partial charge in [-0.15, -0.1) is 0 Å². The fraction of sp³-hybridized carbons (Fsp3) is 0.647. The van der Waals surface area contributed by atoms with Gasteiger partial charge in [0.25, 0.3) is 0 Å². The van der Waals surface area contributed by atoms with Crippen molar-refractivity contribution in [2.24, 2.45) is 11.7 Å². The number of aliphatic hydroxyl groups excluding tert-OH is 1. The molecule has 3 heteroatoms. The quantitative estimate of drug-likeness (QED) is 0.839. The van der Waals surface area contributed by atoms with Gasteiger partial charge in [-0.05, 0) is 49.3 Å². The molecular weight excluding hydrogens is 248 g/mol. The summed E-state index contributed by atoms with van der Waals surface area (Å²) in [5.74, 6) is 0.606. The van der Waals surface area contributed by atoms with Crippen LogP contribution in [0.3, 0.4) is 0 Å². The number of hydrogen-bond donors (Lipinski definition) is 2. The predicted octanol–water partition coefficient (Wildman–Crippen LogP) is 3.08. The van der Waals surface area contributed by atoms with Crippen LogP contribution in [0.25, 0.3) is 0 Å². The molecule has 112 valence electrons. The predicted molar refractivity (Wildman–Crippen MR) is 84.9 cm³/mol. The van der Waals surface area contributed by atoms with Crippen molar-refractivity contribution >= 4 is 5.69 Å². The molecule has 0 amide bonds. The van der Waals surface area contributed by atoms with Gasteiger partial charge in [0.2, 0.25) is 0 Å². The maximum atomic E-state index is 10.2. The lowest BCUT2D eigenvalue weighted by molar-refractivity contribution is 0.128. The highest BCUT2D eigenvalue weighted by Gasteiger charge is 2.18. The summed E-state index contributed by atoms with van der Waals surface area (Å²) in [5.41, 5.74) is 8.47. The zero-order valence-corrected chi connectivity index (χ0v) is 12.8. The first kappa shape index (κ1) is 15.3. The molecule has 1 fully saturated rings. The van der Waals surface area contributed by atoms with E-state index < -0.39 is 6.10 Å². The van der Waals surface area contributed by atoms with Gasteiger partial charge in [0.15, 0.2) is 0 Å². The summed E-state index contributed by atoms with van der Waals surface area (Å²) in [4.78, 5) is 2.41. The fourth-order valence-electron chi connectivity index (χ4n) is 2.79. The zero-order chi connectivity index (χ0) is 14.5. The van der Waals surface area contributed by atoms with E-state index in [-0.39, 0.29) is 6.04 Å². The van der Waals surface area contributed by atoms with Gasteiger partial charge in [0.05, 0.1) is 12.1 Å². The van der Waals surface area contributed by atoms with E-state index in [4.69, 9.17) is 5.73 Å². The van der Waals surface area contributed by atoms with Gasteiger partial charge >= 0.3 is 0 Å². The van der Waals surface area contributed by atoms with Gasteiger partial charge in [-0.25, -0.2) is 0 Å². The Hall–Kier alpha value is -1.06. The van der Waals surface area contributed by atoms with Crippen LogP contribution in [0, 0.1) is 5.92 Å². The first-order chi connectivity index (χ1) is 9.58. The van der Waals surface area contributed by atoms with E-state index in [0.717, 1.165) is 31.5 Å². The van der Waals surface area contributed by atoms with Crippen molar-refractivity contribution in [3.63, 3.8) is 0 Å². The third-order valence-corrected chi connectivity index (χ3v) is 4.20. The van der Waals surface area contributed by atoms with Gasteiger partial charge in [0, 0.05) is 18.8 Å². The SMILES string of the molecule is CC(C)CC[C@H](O)[C@H](N)c1ccc(N2CCCC2)cc1. The topological polar surface area (TPSA) is 49.5 Å². The molecule has 1 aromatic carbocycles. The molecule has 0 aromatic heterocycles. The van der Waals surface area contributed by atoms with Crippen LogP contribution < -0.4 is 10.6 Å². The monoisotopic (exact) mass is 276 g/mol. The summed E-state index contributed by atoms with van der Waals surface area (Å²) >= 11 is 0. The standard InChI is InChI=1S/C17H28N2O/c1-13(2)5-10-16(20)17(18)14-6-8-15(9-7-14)19-11-3-4-12-19/h6-9,13,16-17,20H,3-5,10-12,18H2,1-2H3/t16-,17+/m0/s1. The lowest BCUT2D eigenvalue weighted by Gasteiger charge is -2.22. The Bertz CT molecular complexity index is 396. The van der Waals surface area contributed by atoms with E-state index in [2.05, 4.69) is 43.0 Å². The van der Waals surface area contributed by atoms with Gasteiger partial charge in [-0.1, -0.05) is 26.0 Å². The maximum absolute atomic E-state index is 10.2. The molecule has 2 rings (SSSR count). The summed E-state index contributed by atoms with van der Waals surface area (Å²) in [6.45, 7) is 6.65. The van der Waals surface area contributed by atoms with Crippen molar-refractivity contribution in [2.75, 3.05) is 18.0 Å². The Morgan fingerprint density at radius 3 is 2.25 bits per heavy atom. The van der Waals surface area contributed by atoms with Crippen molar-refractivity contribution in [2.45, 2.75) is 51.7 Å². The van der Waals surface area contributed by atoms with Gasteiger partial charge < -0.3 is 15.7 Å². The van der Waals surface area contributed by atoms with Crippen LogP contribution in [-0.2, 0) is 0 Å². The molecule has 1 aromatic rings. The van der Waals surface area contributed by atoms with E-state index in [1.165, 1.54) is 18.5 Å². The number of hydrogen-bond acceptors (Lipinski definition) is 3. The second-order valence-corrected chi connectivity index (χ2v) is 6.35. The lowest BCUT2D eigenvalue weighted by atomic mass is 9.96. The summed E-state index contributed by atoms with van der Waals surface area (Å²) in [5, 5.41) is 10.2. The second kappa shape index (κ2) is 7.09. The molecule has 20 heavy (non-hydrogen) atoms. The molecular formula is C17H28N2O. The third-order valence-electron chi connectivity index (χ3n) is 4.20. The smallest absolute Gasteiger partial charge is 0.0732 e. The molecule has 0 bridgehead atoms. The molecule has 0 spiro atoms. The number of aliphatic hydroxyl groups is 1. The van der Waals surface area contributed by atoms with Crippen LogP contribution in [0.1, 0.15) is 51.1 Å². The van der Waals surface area contributed by atoms with Gasteiger partial charge in [0.1, 0.15) is 0 Å². The van der Waals surface area contributed by atoms with Crippen molar-refractivity contribution < 1.29 is 5.11 Å². The first-order valence-corrected chi connectivity index (χ1v) is 7.86. The highest BCUT2D eigenvalue weighted by Crippen LogP contribution is 2.24. The average Bonchev–Trinajstić information content (AvgIpc) is 2.98. The number of rotatable bonds is 6. The normalized spacial score (nSPS) is 18.6. The van der Waals surface area contributed by atoms with E-state index in [9.17, 15) is 5.11 Å². The maximum Gasteiger partial charge on any atom is 0.0732 e. The van der Waals surface area contributed by atoms with E-state index >= 15 is 0 Å². The highest BCUT2D eigenvalue weighted by atomic mass is 16.3. The minimum Gasteiger partial charge on any atom is -0.391 e. The van der Waals surface area contributed by atoms with Crippen molar-refractivity contribution in [1.82, 2.24) is 0 Å². The molecule has 0 radical (unpaired) electrons. The summed E-state index contributed by atoms with van der Waals surface area (Å²) in [6.07, 6.45) is 3.91. The summed E-state index contributed by atoms with van der Waals surface area (Å²) in [6, 6.07) is 8.13. The van der Waals surface area contributed by atoms with Crippen LogP contribution in [0.15, 0.2) is 24.3 Å². The average molecular weight is 276 g/mol. The molecule has 0 unspecified atom stereocenters. The number of nitrogens with zero attached hydrogens (tertiary/aromatic N) is 1. The Balaban J connectivity index is 1.94.